The molecular formula is C5H9N2O. The standard InChI is InChI=1S/C5H9N2O/c6-5-2-1-3-7(5)4-8/h5H,1-3,6H2. The summed E-state index contributed by atoms with van der Waals surface area (Å²) in [5.41, 5.74) is 5.45. The molecule has 0 aromatic heterocycles. The monoisotopic (exact) mass is 113 g/mol. The molecule has 1 amide bonds. The predicted molar refractivity (Wildman–Crippen MR) is 29.6 cm³/mol. The summed E-state index contributed by atoms with van der Waals surface area (Å²) < 4.78 is 0. The summed E-state index contributed by atoms with van der Waals surface area (Å²) >= 11 is 0. The molecule has 0 bridgehead atoms. The van der Waals surface area contributed by atoms with Crippen molar-refractivity contribution in [2.24, 2.45) is 5.73 Å². The topological polar surface area (TPSA) is 46.3 Å². The van der Waals surface area contributed by atoms with Crippen molar-refractivity contribution in [1.29, 1.82) is 0 Å². The smallest absolute Gasteiger partial charge is 0.313 e. The SMILES string of the molecule is NC1CCCN1[C]=O. The summed E-state index contributed by atoms with van der Waals surface area (Å²) in [4.78, 5) is 11.4. The lowest BCUT2D eigenvalue weighted by atomic mass is 10.3. The van der Waals surface area contributed by atoms with Crippen LogP contribution in [-0.4, -0.2) is 24.0 Å². The maximum Gasteiger partial charge on any atom is 0.313 e. The van der Waals surface area contributed by atoms with Gasteiger partial charge in [0.25, 0.3) is 0 Å². The maximum absolute atomic E-state index is 9.94. The van der Waals surface area contributed by atoms with Crippen LogP contribution in [0, 0.1) is 0 Å². The third-order valence-electron chi connectivity index (χ3n) is 1.42. The van der Waals surface area contributed by atoms with Crippen LogP contribution in [0.1, 0.15) is 12.8 Å². The van der Waals surface area contributed by atoms with Crippen LogP contribution in [0.4, 0.5) is 0 Å². The van der Waals surface area contributed by atoms with Gasteiger partial charge in [0, 0.05) is 6.54 Å². The molecule has 0 aromatic carbocycles. The van der Waals surface area contributed by atoms with Crippen LogP contribution in [0.25, 0.3) is 0 Å². The van der Waals surface area contributed by atoms with Crippen LogP contribution in [0.15, 0.2) is 0 Å². The largest absolute Gasteiger partial charge is 0.319 e. The Hall–Kier alpha value is -0.570. The first kappa shape index (κ1) is 5.56. The first-order chi connectivity index (χ1) is 3.84. The Balaban J connectivity index is 2.41. The molecule has 45 valence electrons. The molecule has 3 heteroatoms. The highest BCUT2D eigenvalue weighted by Crippen LogP contribution is 2.08. The molecule has 1 aliphatic heterocycles. The van der Waals surface area contributed by atoms with Crippen LogP contribution in [0.2, 0.25) is 0 Å². The highest BCUT2D eigenvalue weighted by Gasteiger charge is 2.18. The zero-order valence-electron chi connectivity index (χ0n) is 4.63. The highest BCUT2D eigenvalue weighted by molar-refractivity contribution is 5.49. The Morgan fingerprint density at radius 1 is 1.75 bits per heavy atom. The number of likely N-dealkylation sites (tertiary alicyclic amines) is 1. The molecule has 1 unspecified atom stereocenters. The fourth-order valence-corrected chi connectivity index (χ4v) is 0.906. The van der Waals surface area contributed by atoms with E-state index in [-0.39, 0.29) is 6.17 Å². The van der Waals surface area contributed by atoms with Gasteiger partial charge in [-0.3, -0.25) is 4.79 Å². The van der Waals surface area contributed by atoms with Crippen molar-refractivity contribution in [2.75, 3.05) is 6.54 Å². The molecule has 0 spiro atoms. The van der Waals surface area contributed by atoms with Gasteiger partial charge in [-0.1, -0.05) is 0 Å². The number of amides is 1. The van der Waals surface area contributed by atoms with E-state index in [9.17, 15) is 4.79 Å². The number of hydrogen-bond acceptors (Lipinski definition) is 2. The number of nitrogens with zero attached hydrogens (tertiary/aromatic N) is 1. The van der Waals surface area contributed by atoms with E-state index in [1.165, 1.54) is 4.90 Å². The van der Waals surface area contributed by atoms with Gasteiger partial charge >= 0.3 is 6.41 Å². The Morgan fingerprint density at radius 3 is 2.75 bits per heavy atom. The van der Waals surface area contributed by atoms with Crippen molar-refractivity contribution < 1.29 is 4.79 Å². The van der Waals surface area contributed by atoms with Gasteiger partial charge in [-0.2, -0.15) is 0 Å². The Morgan fingerprint density at radius 2 is 2.50 bits per heavy atom. The van der Waals surface area contributed by atoms with Crippen molar-refractivity contribution in [3.63, 3.8) is 0 Å². The summed E-state index contributed by atoms with van der Waals surface area (Å²) in [6, 6.07) is 0. The minimum Gasteiger partial charge on any atom is -0.319 e. The molecule has 1 atom stereocenters. The molecule has 1 heterocycles. The van der Waals surface area contributed by atoms with Gasteiger partial charge in [0.2, 0.25) is 0 Å². The fraction of sp³-hybridized carbons (Fsp3) is 0.800. The second-order valence-corrected chi connectivity index (χ2v) is 1.99. The van der Waals surface area contributed by atoms with Gasteiger partial charge in [-0.15, -0.1) is 0 Å². The van der Waals surface area contributed by atoms with Crippen LogP contribution in [0.3, 0.4) is 0 Å². The number of rotatable bonds is 1. The lowest BCUT2D eigenvalue weighted by Crippen LogP contribution is -2.34. The van der Waals surface area contributed by atoms with Crippen LogP contribution in [0.5, 0.6) is 0 Å². The van der Waals surface area contributed by atoms with Crippen molar-refractivity contribution in [3.8, 4) is 0 Å². The molecular weight excluding hydrogens is 104 g/mol. The summed E-state index contributed by atoms with van der Waals surface area (Å²) in [7, 11) is 0. The molecule has 3 nitrogen and oxygen atoms in total. The van der Waals surface area contributed by atoms with Crippen molar-refractivity contribution >= 4 is 6.41 Å². The average Bonchev–Trinajstić information content (AvgIpc) is 2.14. The quantitative estimate of drug-likeness (QED) is 0.495. The van der Waals surface area contributed by atoms with Gasteiger partial charge in [0.15, 0.2) is 0 Å². The summed E-state index contributed by atoms with van der Waals surface area (Å²) in [5, 5.41) is 0. The molecule has 1 fully saturated rings. The van der Waals surface area contributed by atoms with E-state index in [4.69, 9.17) is 5.73 Å². The fourth-order valence-electron chi connectivity index (χ4n) is 0.906. The van der Waals surface area contributed by atoms with Gasteiger partial charge in [-0.05, 0) is 12.8 Å². The molecule has 1 rings (SSSR count). The van der Waals surface area contributed by atoms with E-state index < -0.39 is 0 Å². The molecule has 0 aliphatic carbocycles. The van der Waals surface area contributed by atoms with Crippen molar-refractivity contribution in [3.05, 3.63) is 0 Å². The molecule has 1 radical (unpaired) electrons. The summed E-state index contributed by atoms with van der Waals surface area (Å²) in [6.07, 6.45) is 3.66. The molecule has 1 aliphatic rings. The summed E-state index contributed by atoms with van der Waals surface area (Å²) in [5.74, 6) is 0. The zero-order valence-corrected chi connectivity index (χ0v) is 4.63. The second-order valence-electron chi connectivity index (χ2n) is 1.99. The van der Waals surface area contributed by atoms with Gasteiger partial charge in [-0.25, -0.2) is 0 Å². The lowest BCUT2D eigenvalue weighted by Gasteiger charge is -2.11. The number of carbonyl (C=O) groups excluding carboxylic acids is 1. The third-order valence-corrected chi connectivity index (χ3v) is 1.42. The predicted octanol–water partition coefficient (Wildman–Crippen LogP) is -0.566. The van der Waals surface area contributed by atoms with E-state index in [0.29, 0.717) is 0 Å². The van der Waals surface area contributed by atoms with Gasteiger partial charge in [0.1, 0.15) is 0 Å². The lowest BCUT2D eigenvalue weighted by molar-refractivity contribution is 0.365. The zero-order chi connectivity index (χ0) is 5.98. The summed E-state index contributed by atoms with van der Waals surface area (Å²) in [6.45, 7) is 0.782. The minimum absolute atomic E-state index is 0.0625. The van der Waals surface area contributed by atoms with E-state index in [0.717, 1.165) is 19.4 Å². The van der Waals surface area contributed by atoms with E-state index >= 15 is 0 Å². The first-order valence-electron chi connectivity index (χ1n) is 2.74. The molecule has 8 heavy (non-hydrogen) atoms. The van der Waals surface area contributed by atoms with E-state index in [2.05, 4.69) is 0 Å². The molecule has 2 N–H and O–H groups in total. The van der Waals surface area contributed by atoms with Gasteiger partial charge < -0.3 is 10.6 Å². The van der Waals surface area contributed by atoms with Crippen LogP contribution < -0.4 is 5.73 Å². The Bertz CT molecular complexity index is 94.4. The molecule has 0 saturated carbocycles. The number of hydrogen-bond donors (Lipinski definition) is 1. The first-order valence-corrected chi connectivity index (χ1v) is 2.74. The number of nitrogens with two attached hydrogens (primary N) is 1. The minimum atomic E-state index is -0.0625. The van der Waals surface area contributed by atoms with Crippen molar-refractivity contribution in [1.82, 2.24) is 4.90 Å². The van der Waals surface area contributed by atoms with Crippen LogP contribution in [-0.2, 0) is 4.79 Å². The second kappa shape index (κ2) is 2.13. The van der Waals surface area contributed by atoms with E-state index in [1.807, 2.05) is 0 Å². The van der Waals surface area contributed by atoms with Crippen LogP contribution >= 0.6 is 0 Å². The Kier molecular flexibility index (Phi) is 1.48. The third kappa shape index (κ3) is 0.816. The molecule has 0 aromatic rings. The maximum atomic E-state index is 9.94. The molecule has 1 saturated heterocycles. The Labute approximate surface area is 48.5 Å². The van der Waals surface area contributed by atoms with E-state index in [1.54, 1.807) is 6.41 Å². The van der Waals surface area contributed by atoms with Gasteiger partial charge in [0.05, 0.1) is 6.17 Å². The van der Waals surface area contributed by atoms with Crippen molar-refractivity contribution in [2.45, 2.75) is 19.0 Å². The highest BCUT2D eigenvalue weighted by atomic mass is 16.1. The normalized spacial score (nSPS) is 28.6. The average molecular weight is 113 g/mol.